The van der Waals surface area contributed by atoms with E-state index in [1.807, 2.05) is 62.4 Å². The number of rotatable bonds is 5. The predicted molar refractivity (Wildman–Crippen MR) is 100.0 cm³/mol. The molecule has 0 spiro atoms. The van der Waals surface area contributed by atoms with Gasteiger partial charge in [0.05, 0.1) is 0 Å². The maximum absolute atomic E-state index is 12.3. The largest absolute Gasteiger partial charge is 0.481 e. The van der Waals surface area contributed by atoms with Crippen LogP contribution in [0.15, 0.2) is 48.5 Å². The van der Waals surface area contributed by atoms with E-state index in [9.17, 15) is 4.79 Å². The summed E-state index contributed by atoms with van der Waals surface area (Å²) in [5.74, 6) is 0.418. The average Bonchev–Trinajstić information content (AvgIpc) is 3.07. The van der Waals surface area contributed by atoms with Crippen LogP contribution in [0.1, 0.15) is 18.1 Å². The van der Waals surface area contributed by atoms with Crippen LogP contribution >= 0.6 is 11.3 Å². The molecule has 0 fully saturated rings. The van der Waals surface area contributed by atoms with Gasteiger partial charge in [0.15, 0.2) is 6.10 Å². The molecular weight excluding hydrogens is 334 g/mol. The number of nitrogens with one attached hydrogen (secondary N) is 1. The van der Waals surface area contributed by atoms with Crippen LogP contribution in [0.5, 0.6) is 5.75 Å². The van der Waals surface area contributed by atoms with E-state index in [-0.39, 0.29) is 5.91 Å². The molecule has 1 amide bonds. The Balaban J connectivity index is 1.63. The minimum atomic E-state index is -0.633. The molecule has 0 saturated heterocycles. The maximum Gasteiger partial charge on any atom is 0.266 e. The average molecular weight is 353 g/mol. The minimum Gasteiger partial charge on any atom is -0.481 e. The number of aromatic nitrogens is 2. The Labute approximate surface area is 150 Å². The van der Waals surface area contributed by atoms with Crippen molar-refractivity contribution in [2.75, 3.05) is 5.32 Å². The molecule has 2 aromatic carbocycles. The number of carbonyl (C=O) groups excluding carboxylic acids is 1. The maximum atomic E-state index is 12.3. The van der Waals surface area contributed by atoms with Crippen LogP contribution in [0.2, 0.25) is 0 Å². The summed E-state index contributed by atoms with van der Waals surface area (Å²) >= 11 is 1.33. The number of anilines is 1. The molecule has 3 rings (SSSR count). The van der Waals surface area contributed by atoms with Crippen molar-refractivity contribution in [1.82, 2.24) is 10.2 Å². The van der Waals surface area contributed by atoms with Crippen molar-refractivity contribution in [2.24, 2.45) is 0 Å². The molecular formula is C19H19N3O2S. The lowest BCUT2D eigenvalue weighted by atomic mass is 10.1. The molecule has 3 aromatic rings. The molecule has 0 bridgehead atoms. The number of amides is 1. The highest BCUT2D eigenvalue weighted by Gasteiger charge is 2.17. The Hall–Kier alpha value is -2.73. The summed E-state index contributed by atoms with van der Waals surface area (Å²) in [5, 5.41) is 12.1. The van der Waals surface area contributed by atoms with Crippen molar-refractivity contribution in [3.05, 3.63) is 59.7 Å². The fraction of sp³-hybridized carbons (Fsp3) is 0.211. The highest BCUT2D eigenvalue weighted by atomic mass is 32.1. The van der Waals surface area contributed by atoms with Gasteiger partial charge in [0.2, 0.25) is 5.13 Å². The molecule has 1 N–H and O–H groups in total. The lowest BCUT2D eigenvalue weighted by Gasteiger charge is -2.14. The van der Waals surface area contributed by atoms with Crippen molar-refractivity contribution >= 4 is 22.4 Å². The molecule has 1 unspecified atom stereocenters. The number of ether oxygens (including phenoxy) is 1. The summed E-state index contributed by atoms with van der Waals surface area (Å²) in [6.45, 7) is 5.76. The van der Waals surface area contributed by atoms with Gasteiger partial charge in [-0.15, -0.1) is 10.2 Å². The first kappa shape index (κ1) is 17.1. The zero-order valence-corrected chi connectivity index (χ0v) is 15.1. The van der Waals surface area contributed by atoms with Crippen LogP contribution in [-0.2, 0) is 4.79 Å². The number of carbonyl (C=O) groups is 1. The summed E-state index contributed by atoms with van der Waals surface area (Å²) in [7, 11) is 0. The topological polar surface area (TPSA) is 64.1 Å². The minimum absolute atomic E-state index is 0.256. The van der Waals surface area contributed by atoms with Gasteiger partial charge in [-0.25, -0.2) is 0 Å². The van der Waals surface area contributed by atoms with Gasteiger partial charge in [0.25, 0.3) is 5.91 Å². The number of aryl methyl sites for hydroxylation is 2. The Morgan fingerprint density at radius 3 is 2.56 bits per heavy atom. The van der Waals surface area contributed by atoms with Crippen LogP contribution in [0.3, 0.4) is 0 Å². The second kappa shape index (κ2) is 7.44. The predicted octanol–water partition coefficient (Wildman–Crippen LogP) is 4.23. The third-order valence-electron chi connectivity index (χ3n) is 3.84. The standard InChI is InChI=1S/C19H19N3O2S/c1-12-9-10-16(11-13(12)2)24-14(3)17(23)20-19-22-21-18(25-19)15-7-5-4-6-8-15/h4-11,14H,1-3H3,(H,20,22,23). The lowest BCUT2D eigenvalue weighted by molar-refractivity contribution is -0.122. The summed E-state index contributed by atoms with van der Waals surface area (Å²) < 4.78 is 5.72. The van der Waals surface area contributed by atoms with Gasteiger partial charge >= 0.3 is 0 Å². The first-order chi connectivity index (χ1) is 12.0. The smallest absolute Gasteiger partial charge is 0.266 e. The normalized spacial score (nSPS) is 11.8. The van der Waals surface area contributed by atoms with E-state index in [1.54, 1.807) is 6.92 Å². The van der Waals surface area contributed by atoms with E-state index in [0.29, 0.717) is 10.9 Å². The molecule has 1 atom stereocenters. The van der Waals surface area contributed by atoms with Crippen molar-refractivity contribution in [3.63, 3.8) is 0 Å². The molecule has 0 radical (unpaired) electrons. The zero-order valence-electron chi connectivity index (χ0n) is 14.3. The monoisotopic (exact) mass is 353 g/mol. The molecule has 1 aromatic heterocycles. The SMILES string of the molecule is Cc1ccc(OC(C)C(=O)Nc2nnc(-c3ccccc3)s2)cc1C. The molecule has 6 heteroatoms. The van der Waals surface area contributed by atoms with Crippen LogP contribution in [0.4, 0.5) is 5.13 Å². The number of nitrogens with zero attached hydrogens (tertiary/aromatic N) is 2. The Morgan fingerprint density at radius 1 is 1.08 bits per heavy atom. The number of hydrogen-bond acceptors (Lipinski definition) is 5. The summed E-state index contributed by atoms with van der Waals surface area (Å²) in [6.07, 6.45) is -0.633. The molecule has 0 aliphatic heterocycles. The van der Waals surface area contributed by atoms with Gasteiger partial charge in [-0.1, -0.05) is 47.7 Å². The molecule has 25 heavy (non-hydrogen) atoms. The summed E-state index contributed by atoms with van der Waals surface area (Å²) in [4.78, 5) is 12.3. The van der Waals surface area contributed by atoms with Crippen LogP contribution < -0.4 is 10.1 Å². The molecule has 5 nitrogen and oxygen atoms in total. The van der Waals surface area contributed by atoms with Gasteiger partial charge < -0.3 is 4.74 Å². The van der Waals surface area contributed by atoms with E-state index in [1.165, 1.54) is 16.9 Å². The van der Waals surface area contributed by atoms with E-state index >= 15 is 0 Å². The van der Waals surface area contributed by atoms with E-state index < -0.39 is 6.10 Å². The highest BCUT2D eigenvalue weighted by Crippen LogP contribution is 2.26. The number of hydrogen-bond donors (Lipinski definition) is 1. The first-order valence-corrected chi connectivity index (χ1v) is 8.78. The van der Waals surface area contributed by atoms with Gasteiger partial charge in [-0.05, 0) is 44.0 Å². The van der Waals surface area contributed by atoms with Gasteiger partial charge in [-0.2, -0.15) is 0 Å². The summed E-state index contributed by atoms with van der Waals surface area (Å²) in [5.41, 5.74) is 3.29. The van der Waals surface area contributed by atoms with E-state index in [4.69, 9.17) is 4.74 Å². The Morgan fingerprint density at radius 2 is 1.84 bits per heavy atom. The van der Waals surface area contributed by atoms with Crippen molar-refractivity contribution in [2.45, 2.75) is 26.9 Å². The molecule has 0 aliphatic rings. The van der Waals surface area contributed by atoms with Gasteiger partial charge in [0.1, 0.15) is 10.8 Å². The van der Waals surface area contributed by atoms with Crippen LogP contribution in [-0.4, -0.2) is 22.2 Å². The second-order valence-electron chi connectivity index (χ2n) is 5.77. The van der Waals surface area contributed by atoms with E-state index in [2.05, 4.69) is 15.5 Å². The Bertz CT molecular complexity index is 877. The highest BCUT2D eigenvalue weighted by molar-refractivity contribution is 7.18. The third kappa shape index (κ3) is 4.22. The van der Waals surface area contributed by atoms with Crippen molar-refractivity contribution in [3.8, 4) is 16.3 Å². The first-order valence-electron chi connectivity index (χ1n) is 7.96. The van der Waals surface area contributed by atoms with Gasteiger partial charge in [-0.3, -0.25) is 10.1 Å². The number of benzene rings is 2. The fourth-order valence-electron chi connectivity index (χ4n) is 2.22. The molecule has 0 aliphatic carbocycles. The Kier molecular flexibility index (Phi) is 5.09. The second-order valence-corrected chi connectivity index (χ2v) is 6.75. The van der Waals surface area contributed by atoms with Crippen LogP contribution in [0, 0.1) is 13.8 Å². The van der Waals surface area contributed by atoms with Crippen LogP contribution in [0.25, 0.3) is 10.6 Å². The van der Waals surface area contributed by atoms with Crippen molar-refractivity contribution < 1.29 is 9.53 Å². The van der Waals surface area contributed by atoms with Gasteiger partial charge in [0, 0.05) is 5.56 Å². The van der Waals surface area contributed by atoms with Crippen molar-refractivity contribution in [1.29, 1.82) is 0 Å². The fourth-order valence-corrected chi connectivity index (χ4v) is 2.98. The molecule has 128 valence electrons. The lowest BCUT2D eigenvalue weighted by Crippen LogP contribution is -2.30. The quantitative estimate of drug-likeness (QED) is 0.745. The molecule has 1 heterocycles. The summed E-state index contributed by atoms with van der Waals surface area (Å²) in [6, 6.07) is 15.5. The zero-order chi connectivity index (χ0) is 17.8. The van der Waals surface area contributed by atoms with E-state index in [0.717, 1.165) is 16.1 Å². The third-order valence-corrected chi connectivity index (χ3v) is 4.72. The molecule has 0 saturated carbocycles.